The van der Waals surface area contributed by atoms with Crippen LogP contribution >= 0.6 is 0 Å². The summed E-state index contributed by atoms with van der Waals surface area (Å²) in [6.07, 6.45) is 1.88. The predicted molar refractivity (Wildman–Crippen MR) is 99.3 cm³/mol. The van der Waals surface area contributed by atoms with Crippen molar-refractivity contribution < 1.29 is 0 Å². The van der Waals surface area contributed by atoms with Crippen LogP contribution in [-0.4, -0.2) is 9.97 Å². The monoisotopic (exact) mass is 310 g/mol. The maximum absolute atomic E-state index is 4.74. The highest BCUT2D eigenvalue weighted by Gasteiger charge is 2.34. The van der Waals surface area contributed by atoms with Crippen molar-refractivity contribution in [3.05, 3.63) is 71.5 Å². The van der Waals surface area contributed by atoms with Crippen LogP contribution in [-0.2, 0) is 5.41 Å². The van der Waals surface area contributed by atoms with E-state index in [0.29, 0.717) is 0 Å². The Hall–Kier alpha value is -2.74. The van der Waals surface area contributed by atoms with Crippen LogP contribution in [0.2, 0.25) is 0 Å². The standard InChI is InChI=1S/C22H18N2/c1-13-10-18-20-19(24-13)8-9-23-21(20)16-11-14-6-4-5-7-15(14)12-17(16)22(18,2)3/h4-12H,1-3H3. The second-order valence-corrected chi connectivity index (χ2v) is 7.23. The Morgan fingerprint density at radius 1 is 0.875 bits per heavy atom. The second-order valence-electron chi connectivity index (χ2n) is 7.23. The third-order valence-corrected chi connectivity index (χ3v) is 5.34. The third-order valence-electron chi connectivity index (χ3n) is 5.34. The molecule has 2 aromatic carbocycles. The summed E-state index contributed by atoms with van der Waals surface area (Å²) < 4.78 is 0. The van der Waals surface area contributed by atoms with E-state index in [1.807, 2.05) is 12.3 Å². The van der Waals surface area contributed by atoms with Crippen molar-refractivity contribution >= 4 is 21.7 Å². The topological polar surface area (TPSA) is 25.8 Å². The zero-order valence-electron chi connectivity index (χ0n) is 14.1. The lowest BCUT2D eigenvalue weighted by Gasteiger charge is -2.34. The largest absolute Gasteiger partial charge is 0.255 e. The highest BCUT2D eigenvalue weighted by molar-refractivity contribution is 6.02. The Balaban J connectivity index is 2.02. The molecule has 0 atom stereocenters. The van der Waals surface area contributed by atoms with Crippen molar-refractivity contribution in [3.63, 3.8) is 0 Å². The summed E-state index contributed by atoms with van der Waals surface area (Å²) in [6.45, 7) is 6.69. The lowest BCUT2D eigenvalue weighted by atomic mass is 9.69. The summed E-state index contributed by atoms with van der Waals surface area (Å²) in [6, 6.07) is 17.4. The molecule has 1 aliphatic rings. The van der Waals surface area contributed by atoms with E-state index in [0.717, 1.165) is 16.9 Å². The van der Waals surface area contributed by atoms with Crippen LogP contribution in [0.25, 0.3) is 32.9 Å². The van der Waals surface area contributed by atoms with Crippen molar-refractivity contribution in [2.24, 2.45) is 0 Å². The molecule has 4 aromatic rings. The molecule has 24 heavy (non-hydrogen) atoms. The molecule has 0 amide bonds. The average molecular weight is 310 g/mol. The van der Waals surface area contributed by atoms with E-state index < -0.39 is 0 Å². The zero-order valence-corrected chi connectivity index (χ0v) is 14.1. The van der Waals surface area contributed by atoms with E-state index >= 15 is 0 Å². The number of hydrogen-bond acceptors (Lipinski definition) is 2. The molecule has 0 spiro atoms. The molecule has 0 bridgehead atoms. The number of fused-ring (bicyclic) bond motifs is 3. The molecule has 2 heterocycles. The highest BCUT2D eigenvalue weighted by Crippen LogP contribution is 2.48. The molecule has 0 unspecified atom stereocenters. The Labute approximate surface area is 141 Å². The van der Waals surface area contributed by atoms with Crippen LogP contribution in [0.5, 0.6) is 0 Å². The first-order chi connectivity index (χ1) is 11.6. The highest BCUT2D eigenvalue weighted by atomic mass is 14.7. The van der Waals surface area contributed by atoms with Gasteiger partial charge in [-0.2, -0.15) is 0 Å². The fraction of sp³-hybridized carbons (Fsp3) is 0.182. The number of nitrogens with zero attached hydrogens (tertiary/aromatic N) is 2. The molecule has 0 N–H and O–H groups in total. The fourth-order valence-corrected chi connectivity index (χ4v) is 4.11. The summed E-state index contributed by atoms with van der Waals surface area (Å²) >= 11 is 0. The van der Waals surface area contributed by atoms with Crippen LogP contribution in [0, 0.1) is 6.92 Å². The number of benzene rings is 2. The molecule has 0 saturated carbocycles. The fourth-order valence-electron chi connectivity index (χ4n) is 4.11. The van der Waals surface area contributed by atoms with Crippen molar-refractivity contribution in [2.45, 2.75) is 26.2 Å². The van der Waals surface area contributed by atoms with Crippen molar-refractivity contribution in [1.82, 2.24) is 9.97 Å². The minimum Gasteiger partial charge on any atom is -0.255 e. The molecule has 2 aromatic heterocycles. The lowest BCUT2D eigenvalue weighted by molar-refractivity contribution is 0.643. The quantitative estimate of drug-likeness (QED) is 0.435. The Kier molecular flexibility index (Phi) is 2.52. The number of hydrogen-bond donors (Lipinski definition) is 0. The summed E-state index contributed by atoms with van der Waals surface area (Å²) in [5.41, 5.74) is 7.02. The maximum Gasteiger partial charge on any atom is 0.0802 e. The SMILES string of the molecule is Cc1cc2c3c(nccc3n1)-c1cc3ccccc3cc1C2(C)C. The van der Waals surface area contributed by atoms with E-state index in [1.54, 1.807) is 0 Å². The zero-order chi connectivity index (χ0) is 16.5. The van der Waals surface area contributed by atoms with Gasteiger partial charge >= 0.3 is 0 Å². The third kappa shape index (κ3) is 1.66. The summed E-state index contributed by atoms with van der Waals surface area (Å²) in [4.78, 5) is 9.48. The van der Waals surface area contributed by atoms with Crippen molar-refractivity contribution in [2.75, 3.05) is 0 Å². The van der Waals surface area contributed by atoms with Crippen LogP contribution in [0.3, 0.4) is 0 Å². The average Bonchev–Trinajstić information content (AvgIpc) is 2.58. The van der Waals surface area contributed by atoms with E-state index in [4.69, 9.17) is 9.97 Å². The van der Waals surface area contributed by atoms with E-state index in [-0.39, 0.29) is 5.41 Å². The smallest absolute Gasteiger partial charge is 0.0802 e. The number of pyridine rings is 2. The first kappa shape index (κ1) is 13.7. The Morgan fingerprint density at radius 2 is 1.62 bits per heavy atom. The van der Waals surface area contributed by atoms with Gasteiger partial charge in [0.05, 0.1) is 11.2 Å². The minimum absolute atomic E-state index is 0.0681. The van der Waals surface area contributed by atoms with Crippen LogP contribution in [0.1, 0.15) is 30.7 Å². The number of aryl methyl sites for hydroxylation is 1. The second kappa shape index (κ2) is 4.41. The molecule has 116 valence electrons. The molecular weight excluding hydrogens is 292 g/mol. The molecular formula is C22H18N2. The summed E-state index contributed by atoms with van der Waals surface area (Å²) in [5.74, 6) is 0. The molecule has 1 aliphatic carbocycles. The number of aromatic nitrogens is 2. The lowest BCUT2D eigenvalue weighted by Crippen LogP contribution is -2.24. The van der Waals surface area contributed by atoms with Crippen molar-refractivity contribution in [1.29, 1.82) is 0 Å². The molecule has 0 fully saturated rings. The predicted octanol–water partition coefficient (Wildman–Crippen LogP) is 5.40. The van der Waals surface area contributed by atoms with E-state index in [2.05, 4.69) is 63.2 Å². The molecule has 0 radical (unpaired) electrons. The van der Waals surface area contributed by atoms with Crippen LogP contribution in [0.15, 0.2) is 54.7 Å². The van der Waals surface area contributed by atoms with Gasteiger partial charge in [-0.05, 0) is 53.1 Å². The first-order valence-electron chi connectivity index (χ1n) is 8.36. The van der Waals surface area contributed by atoms with Crippen LogP contribution < -0.4 is 0 Å². The molecule has 2 heteroatoms. The van der Waals surface area contributed by atoms with E-state index in [1.165, 1.54) is 32.8 Å². The van der Waals surface area contributed by atoms with Crippen LogP contribution in [0.4, 0.5) is 0 Å². The molecule has 2 nitrogen and oxygen atoms in total. The van der Waals surface area contributed by atoms with E-state index in [9.17, 15) is 0 Å². The molecule has 0 saturated heterocycles. The minimum atomic E-state index is -0.0681. The molecule has 5 rings (SSSR count). The van der Waals surface area contributed by atoms with Gasteiger partial charge in [-0.25, -0.2) is 0 Å². The van der Waals surface area contributed by atoms with Gasteiger partial charge in [-0.1, -0.05) is 38.1 Å². The first-order valence-corrected chi connectivity index (χ1v) is 8.36. The summed E-state index contributed by atoms with van der Waals surface area (Å²) in [7, 11) is 0. The van der Waals surface area contributed by atoms with Gasteiger partial charge in [-0.3, -0.25) is 9.97 Å². The van der Waals surface area contributed by atoms with Gasteiger partial charge in [0.2, 0.25) is 0 Å². The number of rotatable bonds is 0. The maximum atomic E-state index is 4.74. The Morgan fingerprint density at radius 3 is 2.42 bits per heavy atom. The van der Waals surface area contributed by atoms with Gasteiger partial charge in [0.25, 0.3) is 0 Å². The Bertz CT molecular complexity index is 1140. The normalized spacial score (nSPS) is 14.8. The molecule has 0 aliphatic heterocycles. The van der Waals surface area contributed by atoms with Gasteiger partial charge < -0.3 is 0 Å². The summed E-state index contributed by atoms with van der Waals surface area (Å²) in [5, 5.41) is 3.75. The van der Waals surface area contributed by atoms with Gasteiger partial charge in [0.15, 0.2) is 0 Å². The van der Waals surface area contributed by atoms with Crippen molar-refractivity contribution in [3.8, 4) is 11.3 Å². The van der Waals surface area contributed by atoms with Gasteiger partial charge in [0.1, 0.15) is 0 Å². The van der Waals surface area contributed by atoms with Gasteiger partial charge in [0, 0.05) is 28.3 Å². The van der Waals surface area contributed by atoms with Gasteiger partial charge in [-0.15, -0.1) is 0 Å².